The fourth-order valence-corrected chi connectivity index (χ4v) is 3.18. The largest absolute Gasteiger partial charge is 0.484 e. The first-order valence-corrected chi connectivity index (χ1v) is 11.4. The topological polar surface area (TPSA) is 116 Å². The fraction of sp³-hybridized carbons (Fsp3) is 0.478. The molecule has 0 spiro atoms. The van der Waals surface area contributed by atoms with E-state index < -0.39 is 29.5 Å². The minimum absolute atomic E-state index is 0.0326. The Morgan fingerprint density at radius 3 is 2.83 bits per heavy atom. The molecule has 1 aliphatic heterocycles. The van der Waals surface area contributed by atoms with Gasteiger partial charge in [-0.05, 0) is 39.3 Å². The van der Waals surface area contributed by atoms with Gasteiger partial charge in [0.25, 0.3) is 5.91 Å². The number of halogens is 2. The summed E-state index contributed by atoms with van der Waals surface area (Å²) in [6.07, 6.45) is -0.311. The molecule has 1 N–H and O–H groups in total. The van der Waals surface area contributed by atoms with E-state index in [1.807, 2.05) is 0 Å². The van der Waals surface area contributed by atoms with Crippen LogP contribution in [0.4, 0.5) is 9.18 Å². The van der Waals surface area contributed by atoms with Gasteiger partial charge in [0.15, 0.2) is 12.7 Å². The molecular weight excluding hydrogens is 483 g/mol. The Bertz CT molecular complexity index is 1070. The van der Waals surface area contributed by atoms with Gasteiger partial charge in [-0.25, -0.2) is 9.18 Å². The second-order valence-corrected chi connectivity index (χ2v) is 9.24. The van der Waals surface area contributed by atoms with Crippen molar-refractivity contribution in [2.24, 2.45) is 0 Å². The van der Waals surface area contributed by atoms with Crippen LogP contribution in [0.1, 0.15) is 45.1 Å². The van der Waals surface area contributed by atoms with Gasteiger partial charge in [-0.15, -0.1) is 10.2 Å². The fourth-order valence-electron chi connectivity index (χ4n) is 3.06. The lowest BCUT2D eigenvalue weighted by Gasteiger charge is -2.32. The summed E-state index contributed by atoms with van der Waals surface area (Å²) in [7, 11) is 0. The second kappa shape index (κ2) is 11.5. The van der Waals surface area contributed by atoms with Crippen molar-refractivity contribution in [3.8, 4) is 5.75 Å². The van der Waals surface area contributed by atoms with Crippen LogP contribution in [0.3, 0.4) is 0 Å². The van der Waals surface area contributed by atoms with Gasteiger partial charge in [0.2, 0.25) is 11.8 Å². The van der Waals surface area contributed by atoms with Crippen LogP contribution in [0.25, 0.3) is 0 Å². The number of morpholine rings is 1. The molecular formula is C23H28ClFN4O6. The van der Waals surface area contributed by atoms with Gasteiger partial charge < -0.3 is 28.8 Å². The van der Waals surface area contributed by atoms with Gasteiger partial charge in [-0.2, -0.15) is 0 Å². The molecule has 2 heterocycles. The van der Waals surface area contributed by atoms with E-state index in [0.717, 1.165) is 6.07 Å². The Morgan fingerprint density at radius 2 is 2.11 bits per heavy atom. The molecule has 1 aromatic carbocycles. The number of nitrogens with zero attached hydrogens (tertiary/aromatic N) is 3. The summed E-state index contributed by atoms with van der Waals surface area (Å²) in [5.74, 6) is -0.312. The van der Waals surface area contributed by atoms with Gasteiger partial charge in [0, 0.05) is 24.7 Å². The molecule has 12 heteroatoms. The van der Waals surface area contributed by atoms with E-state index in [1.165, 1.54) is 12.1 Å². The predicted molar refractivity (Wildman–Crippen MR) is 123 cm³/mol. The highest BCUT2D eigenvalue weighted by atomic mass is 35.5. The molecule has 1 fully saturated rings. The summed E-state index contributed by atoms with van der Waals surface area (Å²) >= 11 is 5.62. The van der Waals surface area contributed by atoms with Crippen LogP contribution < -0.4 is 10.1 Å². The van der Waals surface area contributed by atoms with E-state index in [4.69, 9.17) is 30.2 Å². The third kappa shape index (κ3) is 8.22. The number of carbonyl (C=O) groups is 2. The molecule has 10 nitrogen and oxygen atoms in total. The Balaban J connectivity index is 1.43. The lowest BCUT2D eigenvalue weighted by atomic mass is 10.2. The van der Waals surface area contributed by atoms with E-state index in [1.54, 1.807) is 25.7 Å². The number of aryl methyl sites for hydroxylation is 1. The summed E-state index contributed by atoms with van der Waals surface area (Å²) < 4.78 is 35.4. The maximum atomic E-state index is 13.4. The number of nitrogens with one attached hydrogen (secondary N) is 1. The summed E-state index contributed by atoms with van der Waals surface area (Å²) in [5.41, 5.74) is -0.175. The van der Waals surface area contributed by atoms with Crippen LogP contribution in [-0.4, -0.2) is 59.0 Å². The summed E-state index contributed by atoms with van der Waals surface area (Å²) in [6, 6.07) is 3.90. The zero-order valence-corrected chi connectivity index (χ0v) is 20.6. The van der Waals surface area contributed by atoms with E-state index in [2.05, 4.69) is 22.1 Å². The molecule has 0 saturated carbocycles. The van der Waals surface area contributed by atoms with Gasteiger partial charge in [0.1, 0.15) is 17.2 Å². The number of amides is 2. The SMILES string of the molecule is C=C(CCc1nnc(C2CN(C(=O)OC(C)(C)C)CCO2)o1)NC(=O)COc1ccc(Cl)c(F)c1. The smallest absolute Gasteiger partial charge is 0.410 e. The maximum Gasteiger partial charge on any atom is 0.410 e. The predicted octanol–water partition coefficient (Wildman–Crippen LogP) is 3.81. The van der Waals surface area contributed by atoms with Crippen molar-refractivity contribution in [3.63, 3.8) is 0 Å². The number of carbonyl (C=O) groups excluding carboxylic acids is 2. The van der Waals surface area contributed by atoms with Crippen molar-refractivity contribution in [1.82, 2.24) is 20.4 Å². The van der Waals surface area contributed by atoms with Crippen LogP contribution >= 0.6 is 11.6 Å². The molecule has 1 atom stereocenters. The van der Waals surface area contributed by atoms with Gasteiger partial charge in [-0.1, -0.05) is 18.2 Å². The zero-order chi connectivity index (χ0) is 25.6. The molecule has 1 aliphatic rings. The van der Waals surface area contributed by atoms with E-state index >= 15 is 0 Å². The van der Waals surface area contributed by atoms with Crippen LogP contribution in [0, 0.1) is 5.82 Å². The minimum atomic E-state index is -0.635. The molecule has 1 unspecified atom stereocenters. The number of allylic oxidation sites excluding steroid dienone is 1. The second-order valence-electron chi connectivity index (χ2n) is 8.84. The molecule has 35 heavy (non-hydrogen) atoms. The Hall–Kier alpha value is -3.18. The standard InChI is InChI=1S/C23H28ClFN4O6/c1-14(26-19(30)13-33-15-6-7-16(24)17(25)11-15)5-8-20-27-28-21(34-20)18-12-29(9-10-32-18)22(31)35-23(2,3)4/h6-7,11,18H,1,5,8-10,12-13H2,2-4H3,(H,26,30). The van der Waals surface area contributed by atoms with Crippen molar-refractivity contribution in [3.05, 3.63) is 53.1 Å². The van der Waals surface area contributed by atoms with E-state index in [0.29, 0.717) is 37.6 Å². The molecule has 2 amide bonds. The Kier molecular flexibility index (Phi) is 8.68. The van der Waals surface area contributed by atoms with Crippen molar-refractivity contribution < 1.29 is 32.6 Å². The highest BCUT2D eigenvalue weighted by Gasteiger charge is 2.31. The summed E-state index contributed by atoms with van der Waals surface area (Å²) in [4.78, 5) is 25.9. The average Bonchev–Trinajstić information content (AvgIpc) is 3.27. The monoisotopic (exact) mass is 510 g/mol. The minimum Gasteiger partial charge on any atom is -0.484 e. The lowest BCUT2D eigenvalue weighted by molar-refractivity contribution is -0.122. The van der Waals surface area contributed by atoms with Crippen LogP contribution in [0.2, 0.25) is 5.02 Å². The van der Waals surface area contributed by atoms with E-state index in [-0.39, 0.29) is 29.8 Å². The molecule has 3 rings (SSSR count). The quantitative estimate of drug-likeness (QED) is 0.570. The first kappa shape index (κ1) is 26.4. The first-order valence-electron chi connectivity index (χ1n) is 11.0. The number of ether oxygens (including phenoxy) is 3. The maximum absolute atomic E-state index is 13.4. The van der Waals surface area contributed by atoms with Crippen LogP contribution in [0.5, 0.6) is 5.75 Å². The van der Waals surface area contributed by atoms with Crippen molar-refractivity contribution in [1.29, 1.82) is 0 Å². The van der Waals surface area contributed by atoms with Crippen molar-refractivity contribution in [2.75, 3.05) is 26.3 Å². The number of aromatic nitrogens is 2. The number of benzene rings is 1. The summed E-state index contributed by atoms with van der Waals surface area (Å²) in [5, 5.41) is 10.6. The normalized spacial score (nSPS) is 16.0. The third-order valence-electron chi connectivity index (χ3n) is 4.69. The lowest BCUT2D eigenvalue weighted by Crippen LogP contribution is -2.44. The molecule has 0 radical (unpaired) electrons. The highest BCUT2D eigenvalue weighted by molar-refractivity contribution is 6.30. The van der Waals surface area contributed by atoms with Gasteiger partial charge in [0.05, 0.1) is 18.2 Å². The molecule has 0 aliphatic carbocycles. The summed E-state index contributed by atoms with van der Waals surface area (Å²) in [6.45, 7) is 9.85. The number of hydrogen-bond donors (Lipinski definition) is 1. The highest BCUT2D eigenvalue weighted by Crippen LogP contribution is 2.23. The van der Waals surface area contributed by atoms with Crippen molar-refractivity contribution >= 4 is 23.6 Å². The van der Waals surface area contributed by atoms with Crippen molar-refractivity contribution in [2.45, 2.75) is 45.3 Å². The van der Waals surface area contributed by atoms with Gasteiger partial charge >= 0.3 is 6.09 Å². The van der Waals surface area contributed by atoms with Gasteiger partial charge in [-0.3, -0.25) is 4.79 Å². The van der Waals surface area contributed by atoms with E-state index in [9.17, 15) is 14.0 Å². The van der Waals surface area contributed by atoms with Crippen LogP contribution in [0.15, 0.2) is 34.9 Å². The molecule has 0 bridgehead atoms. The average molecular weight is 511 g/mol. The first-order chi connectivity index (χ1) is 16.5. The Morgan fingerprint density at radius 1 is 1.34 bits per heavy atom. The molecule has 1 aromatic heterocycles. The zero-order valence-electron chi connectivity index (χ0n) is 19.8. The Labute approximate surface area is 207 Å². The third-order valence-corrected chi connectivity index (χ3v) is 5.00. The molecule has 2 aromatic rings. The number of hydrogen-bond acceptors (Lipinski definition) is 8. The van der Waals surface area contributed by atoms with Crippen LogP contribution in [-0.2, 0) is 20.7 Å². The molecule has 190 valence electrons. The number of rotatable bonds is 8. The molecule has 1 saturated heterocycles.